The first-order valence-corrected chi connectivity index (χ1v) is 11.0. The van der Waals surface area contributed by atoms with Gasteiger partial charge in [0.25, 0.3) is 21.8 Å². The zero-order chi connectivity index (χ0) is 22.6. The highest BCUT2D eigenvalue weighted by molar-refractivity contribution is 7.92. The number of benzene rings is 2. The summed E-state index contributed by atoms with van der Waals surface area (Å²) in [5, 5.41) is 4.42. The summed E-state index contributed by atoms with van der Waals surface area (Å²) < 4.78 is 29.2. The third-order valence-corrected chi connectivity index (χ3v) is 5.93. The third-order valence-electron chi connectivity index (χ3n) is 4.24. The fourth-order valence-electron chi connectivity index (χ4n) is 2.76. The first kappa shape index (κ1) is 22.3. The Labute approximate surface area is 184 Å². The molecule has 31 heavy (non-hydrogen) atoms. The van der Waals surface area contributed by atoms with Crippen LogP contribution in [0.2, 0.25) is 5.02 Å². The van der Waals surface area contributed by atoms with E-state index in [1.54, 1.807) is 18.2 Å². The fourth-order valence-corrected chi connectivity index (χ4v) is 4.13. The van der Waals surface area contributed by atoms with Crippen LogP contribution < -0.4 is 15.6 Å². The molecule has 0 aliphatic carbocycles. The first-order valence-electron chi connectivity index (χ1n) is 9.13. The van der Waals surface area contributed by atoms with E-state index in [1.165, 1.54) is 35.0 Å². The van der Waals surface area contributed by atoms with Gasteiger partial charge in [0.15, 0.2) is 0 Å². The van der Waals surface area contributed by atoms with Crippen LogP contribution >= 0.6 is 11.6 Å². The fraction of sp³-hybridized carbons (Fsp3) is 0.150. The van der Waals surface area contributed by atoms with Crippen LogP contribution in [0, 0.1) is 13.8 Å². The average molecular weight is 462 g/mol. The number of anilines is 1. The molecule has 0 saturated heterocycles. The topological polar surface area (TPSA) is 122 Å². The maximum absolute atomic E-state index is 12.7. The Kier molecular flexibility index (Phi) is 6.62. The summed E-state index contributed by atoms with van der Waals surface area (Å²) in [6.07, 6.45) is 0. The second-order valence-electron chi connectivity index (χ2n) is 6.70. The minimum absolute atomic E-state index is 0.0495. The Morgan fingerprint density at radius 3 is 2.45 bits per heavy atom. The lowest BCUT2D eigenvalue weighted by Gasteiger charge is -2.11. The van der Waals surface area contributed by atoms with E-state index >= 15 is 0 Å². The van der Waals surface area contributed by atoms with E-state index in [1.807, 2.05) is 19.9 Å². The van der Waals surface area contributed by atoms with E-state index in [4.69, 9.17) is 11.6 Å². The molecule has 1 aromatic heterocycles. The lowest BCUT2D eigenvalue weighted by atomic mass is 10.2. The smallest absolute Gasteiger partial charge is 0.269 e. The number of hydrogen-bond donors (Lipinski definition) is 3. The number of nitrogens with zero attached hydrogens (tertiary/aromatic N) is 2. The molecule has 2 amide bonds. The van der Waals surface area contributed by atoms with Crippen LogP contribution in [0.1, 0.15) is 21.7 Å². The Balaban J connectivity index is 1.66. The van der Waals surface area contributed by atoms with Gasteiger partial charge in [0.2, 0.25) is 0 Å². The van der Waals surface area contributed by atoms with Crippen LogP contribution in [0.5, 0.6) is 0 Å². The molecule has 0 saturated carbocycles. The van der Waals surface area contributed by atoms with Gasteiger partial charge in [-0.05, 0) is 50.2 Å². The summed E-state index contributed by atoms with van der Waals surface area (Å²) in [5.74, 6) is -1.15. The van der Waals surface area contributed by atoms with Crippen LogP contribution in [-0.2, 0) is 21.4 Å². The monoisotopic (exact) mass is 461 g/mol. The number of carbonyl (C=O) groups excluding carboxylic acids is 2. The van der Waals surface area contributed by atoms with Crippen LogP contribution in [0.4, 0.5) is 5.69 Å². The Morgan fingerprint density at radius 1 is 1.03 bits per heavy atom. The Hall–Kier alpha value is -3.37. The van der Waals surface area contributed by atoms with Gasteiger partial charge in [-0.2, -0.15) is 5.10 Å². The van der Waals surface area contributed by atoms with E-state index in [0.29, 0.717) is 0 Å². The number of hydrazine groups is 1. The number of nitrogens with one attached hydrogen (secondary N) is 3. The van der Waals surface area contributed by atoms with Gasteiger partial charge in [-0.1, -0.05) is 29.8 Å². The van der Waals surface area contributed by atoms with Crippen molar-refractivity contribution in [3.63, 3.8) is 0 Å². The molecular weight excluding hydrogens is 442 g/mol. The summed E-state index contributed by atoms with van der Waals surface area (Å²) in [7, 11) is -3.98. The van der Waals surface area contributed by atoms with E-state index in [9.17, 15) is 18.0 Å². The van der Waals surface area contributed by atoms with Gasteiger partial charge in [-0.15, -0.1) is 0 Å². The molecule has 0 spiro atoms. The normalized spacial score (nSPS) is 11.1. The number of hydrogen-bond acceptors (Lipinski definition) is 5. The third kappa shape index (κ3) is 5.62. The molecule has 3 rings (SSSR count). The van der Waals surface area contributed by atoms with Crippen molar-refractivity contribution in [2.45, 2.75) is 25.3 Å². The summed E-state index contributed by atoms with van der Waals surface area (Å²) in [4.78, 5) is 24.3. The minimum atomic E-state index is -3.98. The lowest BCUT2D eigenvalue weighted by molar-refractivity contribution is -0.122. The van der Waals surface area contributed by atoms with Crippen molar-refractivity contribution in [2.24, 2.45) is 0 Å². The predicted molar refractivity (Wildman–Crippen MR) is 116 cm³/mol. The number of amides is 2. The molecule has 0 aliphatic rings. The van der Waals surface area contributed by atoms with Gasteiger partial charge in [-0.3, -0.25) is 29.8 Å². The molecule has 162 valence electrons. The second kappa shape index (κ2) is 9.19. The molecule has 0 fully saturated rings. The van der Waals surface area contributed by atoms with Gasteiger partial charge in [0.1, 0.15) is 6.54 Å². The first-order chi connectivity index (χ1) is 14.7. The molecule has 1 heterocycles. The molecule has 0 unspecified atom stereocenters. The highest BCUT2D eigenvalue weighted by Crippen LogP contribution is 2.24. The van der Waals surface area contributed by atoms with Crippen molar-refractivity contribution in [2.75, 3.05) is 4.72 Å². The van der Waals surface area contributed by atoms with Gasteiger partial charge in [0.05, 0.1) is 21.3 Å². The summed E-state index contributed by atoms with van der Waals surface area (Å²) in [6.45, 7) is 3.55. The molecule has 11 heteroatoms. The van der Waals surface area contributed by atoms with Crippen molar-refractivity contribution in [1.82, 2.24) is 20.6 Å². The molecule has 2 aromatic carbocycles. The van der Waals surface area contributed by atoms with Gasteiger partial charge in [0, 0.05) is 11.3 Å². The Bertz CT molecular complexity index is 1240. The van der Waals surface area contributed by atoms with E-state index in [0.717, 1.165) is 11.4 Å². The highest BCUT2D eigenvalue weighted by Gasteiger charge is 2.18. The van der Waals surface area contributed by atoms with Crippen LogP contribution in [0.25, 0.3) is 0 Å². The maximum Gasteiger partial charge on any atom is 0.269 e. The second-order valence-corrected chi connectivity index (χ2v) is 8.79. The summed E-state index contributed by atoms with van der Waals surface area (Å²) in [6, 6.07) is 13.6. The molecule has 3 aromatic rings. The van der Waals surface area contributed by atoms with Gasteiger partial charge in [-0.25, -0.2) is 8.42 Å². The zero-order valence-corrected chi connectivity index (χ0v) is 18.3. The van der Waals surface area contributed by atoms with Crippen LogP contribution in [0.3, 0.4) is 0 Å². The number of aromatic nitrogens is 2. The van der Waals surface area contributed by atoms with E-state index in [2.05, 4.69) is 20.7 Å². The zero-order valence-electron chi connectivity index (χ0n) is 16.7. The van der Waals surface area contributed by atoms with Crippen molar-refractivity contribution in [1.29, 1.82) is 0 Å². The molecular formula is C20H20ClN5O4S. The van der Waals surface area contributed by atoms with Gasteiger partial charge < -0.3 is 0 Å². The predicted octanol–water partition coefficient (Wildman–Crippen LogP) is 2.42. The summed E-state index contributed by atoms with van der Waals surface area (Å²) >= 11 is 6.00. The number of halogens is 1. The van der Waals surface area contributed by atoms with Crippen molar-refractivity contribution >= 4 is 39.1 Å². The highest BCUT2D eigenvalue weighted by atomic mass is 35.5. The summed E-state index contributed by atoms with van der Waals surface area (Å²) in [5.41, 5.74) is 6.41. The molecule has 9 nitrogen and oxygen atoms in total. The number of para-hydroxylation sites is 1. The van der Waals surface area contributed by atoms with Crippen LogP contribution in [0.15, 0.2) is 59.5 Å². The number of aryl methyl sites for hydroxylation is 2. The van der Waals surface area contributed by atoms with E-state index in [-0.39, 0.29) is 27.7 Å². The van der Waals surface area contributed by atoms with Crippen molar-refractivity contribution in [3.8, 4) is 0 Å². The molecule has 0 atom stereocenters. The molecule has 0 radical (unpaired) electrons. The molecule has 0 bridgehead atoms. The number of rotatable bonds is 6. The quantitative estimate of drug-likeness (QED) is 0.486. The molecule has 3 N–H and O–H groups in total. The standard InChI is InChI=1S/C20H20ClN5O4S/c1-13-10-14(2)26(24-13)12-19(27)22-23-20(28)15-6-5-7-16(11-15)31(29,30)25-18-9-4-3-8-17(18)21/h3-11,25H,12H2,1-2H3,(H,22,27)(H,23,28). The minimum Gasteiger partial charge on any atom is -0.278 e. The van der Waals surface area contributed by atoms with Crippen molar-refractivity contribution < 1.29 is 18.0 Å². The van der Waals surface area contributed by atoms with E-state index < -0.39 is 21.8 Å². The van der Waals surface area contributed by atoms with Gasteiger partial charge >= 0.3 is 0 Å². The average Bonchev–Trinajstić information content (AvgIpc) is 3.04. The lowest BCUT2D eigenvalue weighted by Crippen LogP contribution is -2.43. The SMILES string of the molecule is Cc1cc(C)n(CC(=O)NNC(=O)c2cccc(S(=O)(=O)Nc3ccccc3Cl)c2)n1. The maximum atomic E-state index is 12.7. The largest absolute Gasteiger partial charge is 0.278 e. The Morgan fingerprint density at radius 2 is 1.77 bits per heavy atom. The van der Waals surface area contributed by atoms with Crippen molar-refractivity contribution in [3.05, 3.63) is 76.6 Å². The van der Waals surface area contributed by atoms with Crippen LogP contribution in [-0.4, -0.2) is 30.0 Å². The number of carbonyl (C=O) groups is 2. The number of sulfonamides is 1. The molecule has 0 aliphatic heterocycles.